The SMILES string of the molecule is CCc1cc(=O)[nH]c(-c2cccc(NC(=O)C(C)Sc3ccc(OC)cc3)c2)n1. The summed E-state index contributed by atoms with van der Waals surface area (Å²) in [5, 5.41) is 2.65. The molecule has 6 nitrogen and oxygen atoms in total. The van der Waals surface area contributed by atoms with Crippen LogP contribution in [-0.2, 0) is 11.2 Å². The number of nitrogens with one attached hydrogen (secondary N) is 2. The molecule has 3 rings (SSSR count). The molecule has 0 spiro atoms. The number of hydrogen-bond acceptors (Lipinski definition) is 5. The van der Waals surface area contributed by atoms with E-state index in [0.29, 0.717) is 17.9 Å². The van der Waals surface area contributed by atoms with Gasteiger partial charge in [-0.25, -0.2) is 4.98 Å². The molecule has 2 N–H and O–H groups in total. The zero-order valence-corrected chi connectivity index (χ0v) is 17.4. The lowest BCUT2D eigenvalue weighted by atomic mass is 10.1. The molecule has 0 radical (unpaired) electrons. The molecule has 0 aliphatic rings. The van der Waals surface area contributed by atoms with Crippen molar-refractivity contribution >= 4 is 23.4 Å². The van der Waals surface area contributed by atoms with Gasteiger partial charge in [0, 0.05) is 27.9 Å². The van der Waals surface area contributed by atoms with Crippen molar-refractivity contribution in [1.29, 1.82) is 0 Å². The lowest BCUT2D eigenvalue weighted by molar-refractivity contribution is -0.115. The molecule has 0 aliphatic carbocycles. The van der Waals surface area contributed by atoms with Crippen LogP contribution < -0.4 is 15.6 Å². The quantitative estimate of drug-likeness (QED) is 0.573. The third-order valence-electron chi connectivity index (χ3n) is 4.30. The Bertz CT molecular complexity index is 1050. The van der Waals surface area contributed by atoms with Gasteiger partial charge in [-0.05, 0) is 49.7 Å². The highest BCUT2D eigenvalue weighted by Gasteiger charge is 2.15. The van der Waals surface area contributed by atoms with Gasteiger partial charge in [0.2, 0.25) is 5.91 Å². The Balaban J connectivity index is 1.71. The number of aryl methyl sites for hydroxylation is 1. The van der Waals surface area contributed by atoms with Crippen molar-refractivity contribution in [3.8, 4) is 17.1 Å². The second kappa shape index (κ2) is 9.43. The first-order valence-corrected chi connectivity index (χ1v) is 10.2. The summed E-state index contributed by atoms with van der Waals surface area (Å²) in [7, 11) is 1.62. The Kier molecular flexibility index (Phi) is 6.72. The minimum atomic E-state index is -0.284. The van der Waals surface area contributed by atoms with Crippen molar-refractivity contribution in [2.75, 3.05) is 12.4 Å². The number of methoxy groups -OCH3 is 1. The summed E-state index contributed by atoms with van der Waals surface area (Å²) in [5.74, 6) is 1.17. The number of rotatable bonds is 7. The summed E-state index contributed by atoms with van der Waals surface area (Å²) in [4.78, 5) is 32.6. The van der Waals surface area contributed by atoms with Crippen LogP contribution in [0.25, 0.3) is 11.4 Å². The van der Waals surface area contributed by atoms with E-state index in [9.17, 15) is 9.59 Å². The Morgan fingerprint density at radius 1 is 1.21 bits per heavy atom. The van der Waals surface area contributed by atoms with Gasteiger partial charge in [0.1, 0.15) is 11.6 Å². The lowest BCUT2D eigenvalue weighted by Gasteiger charge is -2.13. The van der Waals surface area contributed by atoms with Crippen LogP contribution in [0.3, 0.4) is 0 Å². The Hall–Kier alpha value is -3.06. The van der Waals surface area contributed by atoms with Crippen molar-refractivity contribution in [2.24, 2.45) is 0 Å². The number of nitrogens with zero attached hydrogens (tertiary/aromatic N) is 1. The van der Waals surface area contributed by atoms with Gasteiger partial charge < -0.3 is 15.0 Å². The fraction of sp³-hybridized carbons (Fsp3) is 0.227. The van der Waals surface area contributed by atoms with E-state index in [0.717, 1.165) is 21.9 Å². The highest BCUT2D eigenvalue weighted by Crippen LogP contribution is 2.26. The maximum Gasteiger partial charge on any atom is 0.251 e. The number of carbonyl (C=O) groups excluding carboxylic acids is 1. The van der Waals surface area contributed by atoms with Crippen LogP contribution in [0.15, 0.2) is 64.3 Å². The van der Waals surface area contributed by atoms with E-state index in [1.165, 1.54) is 17.8 Å². The zero-order chi connectivity index (χ0) is 20.8. The second-order valence-electron chi connectivity index (χ2n) is 6.44. The Labute approximate surface area is 173 Å². The van der Waals surface area contributed by atoms with Crippen molar-refractivity contribution < 1.29 is 9.53 Å². The second-order valence-corrected chi connectivity index (χ2v) is 7.86. The summed E-state index contributed by atoms with van der Waals surface area (Å²) in [6, 6.07) is 16.4. The third kappa shape index (κ3) is 5.48. The molecule has 1 unspecified atom stereocenters. The number of carbonyl (C=O) groups is 1. The van der Waals surface area contributed by atoms with Crippen LogP contribution in [0.2, 0.25) is 0 Å². The molecule has 0 bridgehead atoms. The van der Waals surface area contributed by atoms with Gasteiger partial charge in [0.05, 0.1) is 12.4 Å². The van der Waals surface area contributed by atoms with Crippen molar-refractivity contribution in [3.05, 3.63) is 70.6 Å². The molecule has 0 saturated carbocycles. The molecule has 29 heavy (non-hydrogen) atoms. The average Bonchev–Trinajstić information content (AvgIpc) is 2.74. The van der Waals surface area contributed by atoms with E-state index in [-0.39, 0.29) is 16.7 Å². The highest BCUT2D eigenvalue weighted by molar-refractivity contribution is 8.00. The number of thioether (sulfide) groups is 1. The molecular formula is C22H23N3O3S. The molecule has 1 heterocycles. The van der Waals surface area contributed by atoms with Crippen LogP contribution in [0.4, 0.5) is 5.69 Å². The van der Waals surface area contributed by atoms with Crippen LogP contribution in [0, 0.1) is 0 Å². The number of anilines is 1. The number of aromatic amines is 1. The maximum atomic E-state index is 12.6. The molecule has 1 atom stereocenters. The number of ether oxygens (including phenoxy) is 1. The molecule has 1 amide bonds. The number of hydrogen-bond donors (Lipinski definition) is 2. The first-order valence-electron chi connectivity index (χ1n) is 9.30. The first-order chi connectivity index (χ1) is 14.0. The van der Waals surface area contributed by atoms with Gasteiger partial charge in [-0.2, -0.15) is 0 Å². The van der Waals surface area contributed by atoms with Crippen molar-refractivity contribution in [3.63, 3.8) is 0 Å². The molecule has 150 valence electrons. The Morgan fingerprint density at radius 2 is 1.97 bits per heavy atom. The molecule has 3 aromatic rings. The van der Waals surface area contributed by atoms with E-state index in [1.54, 1.807) is 13.2 Å². The average molecular weight is 410 g/mol. The van der Waals surface area contributed by atoms with Crippen LogP contribution >= 0.6 is 11.8 Å². The van der Waals surface area contributed by atoms with Crippen molar-refractivity contribution in [1.82, 2.24) is 9.97 Å². The predicted octanol–water partition coefficient (Wildman–Crippen LogP) is 4.13. The van der Waals surface area contributed by atoms with E-state index in [1.807, 2.05) is 56.3 Å². The molecule has 2 aromatic carbocycles. The summed E-state index contributed by atoms with van der Waals surface area (Å²) < 4.78 is 5.15. The van der Waals surface area contributed by atoms with Gasteiger partial charge in [-0.15, -0.1) is 11.8 Å². The summed E-state index contributed by atoms with van der Waals surface area (Å²) in [5.41, 5.74) is 1.93. The smallest absolute Gasteiger partial charge is 0.251 e. The normalized spacial score (nSPS) is 11.7. The van der Waals surface area contributed by atoms with Gasteiger partial charge in [0.15, 0.2) is 0 Å². The molecule has 1 aromatic heterocycles. The predicted molar refractivity (Wildman–Crippen MR) is 117 cm³/mol. The van der Waals surface area contributed by atoms with E-state index in [4.69, 9.17) is 4.74 Å². The van der Waals surface area contributed by atoms with E-state index < -0.39 is 0 Å². The fourth-order valence-corrected chi connectivity index (χ4v) is 3.59. The Morgan fingerprint density at radius 3 is 2.66 bits per heavy atom. The lowest BCUT2D eigenvalue weighted by Crippen LogP contribution is -2.22. The van der Waals surface area contributed by atoms with Crippen LogP contribution in [-0.4, -0.2) is 28.2 Å². The number of H-pyrrole nitrogens is 1. The fourth-order valence-electron chi connectivity index (χ4n) is 2.73. The van der Waals surface area contributed by atoms with E-state index in [2.05, 4.69) is 15.3 Å². The number of benzene rings is 2. The first kappa shape index (κ1) is 20.7. The largest absolute Gasteiger partial charge is 0.497 e. The van der Waals surface area contributed by atoms with Gasteiger partial charge in [0.25, 0.3) is 5.56 Å². The third-order valence-corrected chi connectivity index (χ3v) is 5.41. The van der Waals surface area contributed by atoms with Crippen LogP contribution in [0.5, 0.6) is 5.75 Å². The zero-order valence-electron chi connectivity index (χ0n) is 16.6. The molecular weight excluding hydrogens is 386 g/mol. The summed E-state index contributed by atoms with van der Waals surface area (Å²) >= 11 is 1.47. The van der Waals surface area contributed by atoms with Crippen LogP contribution in [0.1, 0.15) is 19.5 Å². The molecule has 0 saturated heterocycles. The van der Waals surface area contributed by atoms with E-state index >= 15 is 0 Å². The topological polar surface area (TPSA) is 84.1 Å². The summed E-state index contributed by atoms with van der Waals surface area (Å²) in [6.45, 7) is 3.81. The number of aromatic nitrogens is 2. The van der Waals surface area contributed by atoms with Gasteiger partial charge in [-0.1, -0.05) is 19.1 Å². The molecule has 7 heteroatoms. The standard InChI is InChI=1S/C22H23N3O3S/c1-4-16-13-20(26)25-21(23-16)15-6-5-7-17(12-15)24-22(27)14(2)29-19-10-8-18(28-3)9-11-19/h5-14H,4H2,1-3H3,(H,24,27)(H,23,25,26). The molecule has 0 aliphatic heterocycles. The number of amides is 1. The van der Waals surface area contributed by atoms with Gasteiger partial charge >= 0.3 is 0 Å². The molecule has 0 fully saturated rings. The minimum Gasteiger partial charge on any atom is -0.497 e. The summed E-state index contributed by atoms with van der Waals surface area (Å²) in [6.07, 6.45) is 0.674. The van der Waals surface area contributed by atoms with Crippen molar-refractivity contribution in [2.45, 2.75) is 30.4 Å². The van der Waals surface area contributed by atoms with Gasteiger partial charge in [-0.3, -0.25) is 9.59 Å². The minimum absolute atomic E-state index is 0.105. The maximum absolute atomic E-state index is 12.6. The highest BCUT2D eigenvalue weighted by atomic mass is 32.2. The monoisotopic (exact) mass is 409 g/mol.